The van der Waals surface area contributed by atoms with Gasteiger partial charge in [-0.1, -0.05) is 12.1 Å². The number of nitrogens with zero attached hydrogens (tertiary/aromatic N) is 2. The number of phenols is 1. The van der Waals surface area contributed by atoms with Gasteiger partial charge in [0.25, 0.3) is 0 Å². The number of phenolic OH excluding ortho intramolecular Hbond substituents is 1. The maximum Gasteiger partial charge on any atom is 0.159 e. The number of carbonyl (C=O) groups is 1. The fourth-order valence-electron chi connectivity index (χ4n) is 1.32. The Labute approximate surface area is 97.7 Å². The Bertz CT molecular complexity index is 511. The zero-order valence-electron chi connectivity index (χ0n) is 8.91. The standard InChI is InChI=1S/C12H10N2O3/c15-4-5-17-11-7-13-12(14-8-11)9-2-1-3-10(16)6-9/h1-4,6-8,16H,5H2. The number of ether oxygens (including phenoxy) is 1. The molecular weight excluding hydrogens is 220 g/mol. The van der Waals surface area contributed by atoms with Gasteiger partial charge in [0.2, 0.25) is 0 Å². The van der Waals surface area contributed by atoms with E-state index in [2.05, 4.69) is 9.97 Å². The summed E-state index contributed by atoms with van der Waals surface area (Å²) in [6.07, 6.45) is 3.62. The summed E-state index contributed by atoms with van der Waals surface area (Å²) in [4.78, 5) is 18.3. The van der Waals surface area contributed by atoms with Gasteiger partial charge in [0, 0.05) is 5.56 Å². The quantitative estimate of drug-likeness (QED) is 0.804. The Morgan fingerprint density at radius 3 is 2.71 bits per heavy atom. The molecule has 1 N–H and O–H groups in total. The van der Waals surface area contributed by atoms with Crippen LogP contribution in [0, 0.1) is 0 Å². The molecule has 0 spiro atoms. The van der Waals surface area contributed by atoms with E-state index >= 15 is 0 Å². The zero-order valence-corrected chi connectivity index (χ0v) is 8.91. The molecule has 1 aromatic carbocycles. The van der Waals surface area contributed by atoms with Gasteiger partial charge in [-0.15, -0.1) is 0 Å². The fraction of sp³-hybridized carbons (Fsp3) is 0.0833. The van der Waals surface area contributed by atoms with Crippen molar-refractivity contribution in [3.05, 3.63) is 36.7 Å². The van der Waals surface area contributed by atoms with Crippen molar-refractivity contribution in [1.29, 1.82) is 0 Å². The molecule has 17 heavy (non-hydrogen) atoms. The average Bonchev–Trinajstić information content (AvgIpc) is 2.37. The topological polar surface area (TPSA) is 72.3 Å². The molecular formula is C12H10N2O3. The highest BCUT2D eigenvalue weighted by atomic mass is 16.5. The molecule has 86 valence electrons. The van der Waals surface area contributed by atoms with Crippen molar-refractivity contribution >= 4 is 6.29 Å². The first-order valence-electron chi connectivity index (χ1n) is 4.97. The van der Waals surface area contributed by atoms with Crippen LogP contribution in [0.4, 0.5) is 0 Å². The van der Waals surface area contributed by atoms with Crippen molar-refractivity contribution in [3.8, 4) is 22.9 Å². The van der Waals surface area contributed by atoms with Crippen molar-refractivity contribution in [1.82, 2.24) is 9.97 Å². The maximum absolute atomic E-state index is 10.1. The third-order valence-corrected chi connectivity index (χ3v) is 2.05. The number of rotatable bonds is 4. The molecule has 0 aliphatic carbocycles. The van der Waals surface area contributed by atoms with Gasteiger partial charge in [-0.2, -0.15) is 0 Å². The number of hydrogen-bond donors (Lipinski definition) is 1. The summed E-state index contributed by atoms with van der Waals surface area (Å²) in [5, 5.41) is 9.33. The van der Waals surface area contributed by atoms with E-state index in [4.69, 9.17) is 4.74 Å². The van der Waals surface area contributed by atoms with Gasteiger partial charge in [0.1, 0.15) is 12.4 Å². The molecule has 0 bridgehead atoms. The average molecular weight is 230 g/mol. The largest absolute Gasteiger partial charge is 0.508 e. The normalized spacial score (nSPS) is 9.88. The van der Waals surface area contributed by atoms with Crippen LogP contribution >= 0.6 is 0 Å². The SMILES string of the molecule is O=CCOc1cnc(-c2cccc(O)c2)nc1. The Balaban J connectivity index is 2.20. The number of benzene rings is 1. The van der Waals surface area contributed by atoms with E-state index in [1.807, 2.05) is 0 Å². The summed E-state index contributed by atoms with van der Waals surface area (Å²) in [5.74, 6) is 1.08. The second-order valence-electron chi connectivity index (χ2n) is 3.27. The third-order valence-electron chi connectivity index (χ3n) is 2.05. The van der Waals surface area contributed by atoms with Crippen LogP contribution < -0.4 is 4.74 Å². The number of hydrogen-bond acceptors (Lipinski definition) is 5. The molecule has 0 atom stereocenters. The summed E-state index contributed by atoms with van der Waals surface area (Å²) in [6.45, 7) is -0.0190. The lowest BCUT2D eigenvalue weighted by atomic mass is 10.2. The molecule has 1 heterocycles. The molecule has 0 fully saturated rings. The Morgan fingerprint density at radius 1 is 1.29 bits per heavy atom. The molecule has 0 aliphatic heterocycles. The van der Waals surface area contributed by atoms with E-state index in [-0.39, 0.29) is 12.4 Å². The van der Waals surface area contributed by atoms with E-state index in [9.17, 15) is 9.90 Å². The molecule has 0 aliphatic rings. The lowest BCUT2D eigenvalue weighted by molar-refractivity contribution is -0.109. The molecule has 0 saturated carbocycles. The summed E-state index contributed by atoms with van der Waals surface area (Å²) in [5.41, 5.74) is 0.715. The van der Waals surface area contributed by atoms with Gasteiger partial charge in [-0.05, 0) is 12.1 Å². The molecule has 0 saturated heterocycles. The number of carbonyl (C=O) groups excluding carboxylic acids is 1. The minimum absolute atomic E-state index is 0.0190. The monoisotopic (exact) mass is 230 g/mol. The van der Waals surface area contributed by atoms with E-state index < -0.39 is 0 Å². The van der Waals surface area contributed by atoms with Crippen LogP contribution in [0.2, 0.25) is 0 Å². The predicted molar refractivity (Wildman–Crippen MR) is 60.7 cm³/mol. The molecule has 0 radical (unpaired) electrons. The van der Waals surface area contributed by atoms with E-state index in [0.717, 1.165) is 0 Å². The van der Waals surface area contributed by atoms with Crippen LogP contribution in [0.3, 0.4) is 0 Å². The first kappa shape index (κ1) is 11.1. The predicted octanol–water partition coefficient (Wildman–Crippen LogP) is 1.43. The summed E-state index contributed by atoms with van der Waals surface area (Å²) in [7, 11) is 0. The maximum atomic E-state index is 10.1. The van der Waals surface area contributed by atoms with Crippen LogP contribution in [-0.4, -0.2) is 28.0 Å². The smallest absolute Gasteiger partial charge is 0.159 e. The van der Waals surface area contributed by atoms with Gasteiger partial charge < -0.3 is 9.84 Å². The highest BCUT2D eigenvalue weighted by Gasteiger charge is 2.02. The number of aromatic nitrogens is 2. The highest BCUT2D eigenvalue weighted by Crippen LogP contribution is 2.20. The van der Waals surface area contributed by atoms with Crippen LogP contribution in [0.1, 0.15) is 0 Å². The molecule has 0 amide bonds. The summed E-state index contributed by atoms with van der Waals surface area (Å²) < 4.78 is 5.03. The minimum atomic E-state index is -0.0190. The Kier molecular flexibility index (Phi) is 3.30. The Morgan fingerprint density at radius 2 is 2.06 bits per heavy atom. The number of aldehydes is 1. The van der Waals surface area contributed by atoms with Crippen molar-refractivity contribution in [2.24, 2.45) is 0 Å². The summed E-state index contributed by atoms with van der Waals surface area (Å²) >= 11 is 0. The third kappa shape index (κ3) is 2.78. The van der Waals surface area contributed by atoms with E-state index in [0.29, 0.717) is 23.4 Å². The van der Waals surface area contributed by atoms with Gasteiger partial charge in [0.15, 0.2) is 17.9 Å². The zero-order chi connectivity index (χ0) is 12.1. The van der Waals surface area contributed by atoms with Crippen LogP contribution in [-0.2, 0) is 4.79 Å². The fourth-order valence-corrected chi connectivity index (χ4v) is 1.32. The number of aromatic hydroxyl groups is 1. The van der Waals surface area contributed by atoms with Crippen molar-refractivity contribution in [2.75, 3.05) is 6.61 Å². The molecule has 2 aromatic rings. The molecule has 5 heteroatoms. The van der Waals surface area contributed by atoms with Gasteiger partial charge in [-0.3, -0.25) is 4.79 Å². The van der Waals surface area contributed by atoms with Crippen LogP contribution in [0.5, 0.6) is 11.5 Å². The lowest BCUT2D eigenvalue weighted by Crippen LogP contribution is -1.99. The van der Waals surface area contributed by atoms with Gasteiger partial charge >= 0.3 is 0 Å². The summed E-state index contributed by atoms with van der Waals surface area (Å²) in [6, 6.07) is 6.65. The van der Waals surface area contributed by atoms with Crippen molar-refractivity contribution in [2.45, 2.75) is 0 Å². The molecule has 1 aromatic heterocycles. The first-order chi connectivity index (χ1) is 8.29. The first-order valence-corrected chi connectivity index (χ1v) is 4.97. The van der Waals surface area contributed by atoms with E-state index in [1.165, 1.54) is 12.4 Å². The lowest BCUT2D eigenvalue weighted by Gasteiger charge is -2.03. The second kappa shape index (κ2) is 5.07. The van der Waals surface area contributed by atoms with Crippen molar-refractivity contribution < 1.29 is 14.6 Å². The van der Waals surface area contributed by atoms with Crippen LogP contribution in [0.15, 0.2) is 36.7 Å². The molecule has 0 unspecified atom stereocenters. The van der Waals surface area contributed by atoms with E-state index in [1.54, 1.807) is 24.3 Å². The highest BCUT2D eigenvalue weighted by molar-refractivity contribution is 5.57. The molecule has 5 nitrogen and oxygen atoms in total. The van der Waals surface area contributed by atoms with Crippen LogP contribution in [0.25, 0.3) is 11.4 Å². The Hall–Kier alpha value is -2.43. The van der Waals surface area contributed by atoms with Gasteiger partial charge in [-0.25, -0.2) is 9.97 Å². The van der Waals surface area contributed by atoms with Gasteiger partial charge in [0.05, 0.1) is 12.4 Å². The van der Waals surface area contributed by atoms with Crippen molar-refractivity contribution in [3.63, 3.8) is 0 Å². The minimum Gasteiger partial charge on any atom is -0.508 e. The molecule has 2 rings (SSSR count). The second-order valence-corrected chi connectivity index (χ2v) is 3.27.